The minimum Gasteiger partial charge on any atom is -0.489 e. The second kappa shape index (κ2) is 7.78. The Bertz CT molecular complexity index is 523. The molecule has 0 spiro atoms. The Labute approximate surface area is 124 Å². The summed E-state index contributed by atoms with van der Waals surface area (Å²) in [5.74, 6) is -0.697. The zero-order chi connectivity index (χ0) is 16.0. The molecule has 0 heterocycles. The summed E-state index contributed by atoms with van der Waals surface area (Å²) in [5, 5.41) is 8.80. The van der Waals surface area contributed by atoms with Gasteiger partial charge in [0.25, 0.3) is 0 Å². The van der Waals surface area contributed by atoms with Crippen molar-refractivity contribution >= 4 is 11.6 Å². The number of ketones is 2. The molecule has 0 aliphatic heterocycles. The van der Waals surface area contributed by atoms with Gasteiger partial charge < -0.3 is 14.6 Å². The molecule has 0 aromatic heterocycles. The average molecular weight is 294 g/mol. The van der Waals surface area contributed by atoms with Crippen LogP contribution in [0.2, 0.25) is 0 Å². The van der Waals surface area contributed by atoms with Gasteiger partial charge in [0.2, 0.25) is 23.1 Å². The Kier molecular flexibility index (Phi) is 6.37. The van der Waals surface area contributed by atoms with Crippen LogP contribution in [0.15, 0.2) is 34.3 Å². The van der Waals surface area contributed by atoms with Crippen molar-refractivity contribution in [1.82, 2.24) is 0 Å². The van der Waals surface area contributed by atoms with Gasteiger partial charge in [-0.25, -0.2) is 0 Å². The van der Waals surface area contributed by atoms with Crippen molar-refractivity contribution in [3.05, 3.63) is 34.3 Å². The molecule has 0 saturated carbocycles. The van der Waals surface area contributed by atoms with Crippen LogP contribution in [0.5, 0.6) is 0 Å². The fraction of sp³-hybridized carbons (Fsp3) is 0.500. The van der Waals surface area contributed by atoms with E-state index in [1.54, 1.807) is 6.92 Å². The van der Waals surface area contributed by atoms with E-state index < -0.39 is 0 Å². The van der Waals surface area contributed by atoms with Crippen LogP contribution in [0.1, 0.15) is 33.1 Å². The monoisotopic (exact) mass is 294 g/mol. The van der Waals surface area contributed by atoms with Crippen molar-refractivity contribution in [1.29, 1.82) is 0 Å². The lowest BCUT2D eigenvalue weighted by Crippen LogP contribution is -2.24. The fourth-order valence-corrected chi connectivity index (χ4v) is 2.17. The van der Waals surface area contributed by atoms with Crippen molar-refractivity contribution in [2.75, 3.05) is 20.8 Å². The normalized spacial score (nSPS) is 16.7. The molecule has 0 aromatic rings. The van der Waals surface area contributed by atoms with Crippen molar-refractivity contribution < 1.29 is 24.2 Å². The van der Waals surface area contributed by atoms with Gasteiger partial charge in [0, 0.05) is 17.8 Å². The molecule has 0 aromatic carbocycles. The lowest BCUT2D eigenvalue weighted by Gasteiger charge is -2.19. The topological polar surface area (TPSA) is 72.8 Å². The largest absolute Gasteiger partial charge is 0.489 e. The summed E-state index contributed by atoms with van der Waals surface area (Å²) in [4.78, 5) is 24.5. The number of hydrogen-bond donors (Lipinski definition) is 1. The van der Waals surface area contributed by atoms with Crippen LogP contribution in [0.25, 0.3) is 0 Å². The van der Waals surface area contributed by atoms with Gasteiger partial charge in [-0.2, -0.15) is 0 Å². The van der Waals surface area contributed by atoms with E-state index in [-0.39, 0.29) is 29.7 Å². The van der Waals surface area contributed by atoms with Crippen molar-refractivity contribution in [3.8, 4) is 0 Å². The van der Waals surface area contributed by atoms with Gasteiger partial charge in [-0.05, 0) is 33.1 Å². The summed E-state index contributed by atoms with van der Waals surface area (Å²) in [6.07, 6.45) is 3.73. The molecule has 21 heavy (non-hydrogen) atoms. The molecular weight excluding hydrogens is 272 g/mol. The fourth-order valence-electron chi connectivity index (χ4n) is 2.17. The summed E-state index contributed by atoms with van der Waals surface area (Å²) >= 11 is 0. The number of Topliss-reactive ketones (excluding diaryl/α,β-unsaturated/α-hetero) is 2. The summed E-state index contributed by atoms with van der Waals surface area (Å²) in [6, 6.07) is 0. The van der Waals surface area contributed by atoms with Crippen LogP contribution in [0.3, 0.4) is 0 Å². The minimum absolute atomic E-state index is 0.0373. The van der Waals surface area contributed by atoms with E-state index in [0.29, 0.717) is 24.0 Å². The second-order valence-corrected chi connectivity index (χ2v) is 4.91. The van der Waals surface area contributed by atoms with Crippen LogP contribution >= 0.6 is 0 Å². The minimum atomic E-state index is -0.314. The van der Waals surface area contributed by atoms with Gasteiger partial charge >= 0.3 is 0 Å². The highest BCUT2D eigenvalue weighted by molar-refractivity contribution is 6.23. The Balaban J connectivity index is 3.00. The Hall–Kier alpha value is -1.88. The number of aliphatic hydroxyl groups excluding tert-OH is 1. The zero-order valence-electron chi connectivity index (χ0n) is 13.0. The van der Waals surface area contributed by atoms with E-state index in [1.807, 2.05) is 13.0 Å². The van der Waals surface area contributed by atoms with E-state index in [1.165, 1.54) is 14.2 Å². The Morgan fingerprint density at radius 1 is 1.14 bits per heavy atom. The quantitative estimate of drug-likeness (QED) is 0.575. The molecule has 0 unspecified atom stereocenters. The summed E-state index contributed by atoms with van der Waals surface area (Å²) in [6.45, 7) is 3.70. The number of rotatable bonds is 7. The second-order valence-electron chi connectivity index (χ2n) is 4.91. The first-order chi connectivity index (χ1) is 9.97. The number of aliphatic hydroxyl groups is 1. The average Bonchev–Trinajstić information content (AvgIpc) is 2.48. The van der Waals surface area contributed by atoms with Crippen LogP contribution in [-0.4, -0.2) is 37.5 Å². The molecule has 5 nitrogen and oxygen atoms in total. The molecule has 0 fully saturated rings. The molecule has 1 aliphatic carbocycles. The summed E-state index contributed by atoms with van der Waals surface area (Å²) in [5.41, 5.74) is 1.90. The summed E-state index contributed by atoms with van der Waals surface area (Å²) < 4.78 is 10.0. The molecule has 1 N–H and O–H groups in total. The maximum atomic E-state index is 12.4. The SMILES string of the molecule is COC1=C(OC)C(=O)C(CC=C(C)CCCO)=C(C)C1=O. The van der Waals surface area contributed by atoms with Crippen molar-refractivity contribution in [2.24, 2.45) is 0 Å². The molecule has 116 valence electrons. The molecule has 5 heteroatoms. The Morgan fingerprint density at radius 3 is 2.24 bits per heavy atom. The molecule has 0 saturated heterocycles. The highest BCUT2D eigenvalue weighted by atomic mass is 16.5. The molecule has 0 radical (unpaired) electrons. The predicted octanol–water partition coefficient (Wildman–Crippen LogP) is 2.07. The number of carbonyl (C=O) groups is 2. The van der Waals surface area contributed by atoms with E-state index in [9.17, 15) is 9.59 Å². The maximum absolute atomic E-state index is 12.4. The highest BCUT2D eigenvalue weighted by Crippen LogP contribution is 2.28. The molecular formula is C16H22O5. The molecule has 0 amide bonds. The summed E-state index contributed by atoms with van der Waals surface area (Å²) in [7, 11) is 2.69. The predicted molar refractivity (Wildman–Crippen MR) is 78.5 cm³/mol. The van der Waals surface area contributed by atoms with Gasteiger partial charge in [0.1, 0.15) is 0 Å². The molecule has 1 rings (SSSR count). The van der Waals surface area contributed by atoms with Gasteiger partial charge in [-0.1, -0.05) is 11.6 Å². The number of methoxy groups -OCH3 is 2. The van der Waals surface area contributed by atoms with Gasteiger partial charge in [-0.3, -0.25) is 9.59 Å². The van der Waals surface area contributed by atoms with E-state index in [0.717, 1.165) is 12.0 Å². The Morgan fingerprint density at radius 2 is 1.71 bits per heavy atom. The number of carbonyl (C=O) groups excluding carboxylic acids is 2. The third-order valence-corrected chi connectivity index (χ3v) is 3.48. The van der Waals surface area contributed by atoms with E-state index >= 15 is 0 Å². The zero-order valence-corrected chi connectivity index (χ0v) is 13.0. The molecule has 0 bridgehead atoms. The third kappa shape index (κ3) is 3.82. The van der Waals surface area contributed by atoms with Gasteiger partial charge in [0.05, 0.1) is 14.2 Å². The first-order valence-electron chi connectivity index (χ1n) is 6.85. The van der Waals surface area contributed by atoms with Crippen molar-refractivity contribution in [2.45, 2.75) is 33.1 Å². The van der Waals surface area contributed by atoms with Crippen LogP contribution in [-0.2, 0) is 19.1 Å². The maximum Gasteiger partial charge on any atom is 0.228 e. The lowest BCUT2D eigenvalue weighted by atomic mass is 9.90. The van der Waals surface area contributed by atoms with E-state index in [4.69, 9.17) is 14.6 Å². The molecule has 1 aliphatic rings. The smallest absolute Gasteiger partial charge is 0.228 e. The number of hydrogen-bond acceptors (Lipinski definition) is 5. The van der Waals surface area contributed by atoms with Crippen LogP contribution < -0.4 is 0 Å². The number of ether oxygens (including phenoxy) is 2. The highest BCUT2D eigenvalue weighted by Gasteiger charge is 2.33. The standard InChI is InChI=1S/C16H22O5/c1-10(6-5-9-17)7-8-12-11(2)13(18)15(20-3)16(21-4)14(12)19/h7,17H,5-6,8-9H2,1-4H3. The van der Waals surface area contributed by atoms with Crippen LogP contribution in [0.4, 0.5) is 0 Å². The first-order valence-corrected chi connectivity index (χ1v) is 6.85. The van der Waals surface area contributed by atoms with Crippen molar-refractivity contribution in [3.63, 3.8) is 0 Å². The number of allylic oxidation sites excluding steroid dienone is 4. The first kappa shape index (κ1) is 17.2. The van der Waals surface area contributed by atoms with E-state index in [2.05, 4.69) is 0 Å². The van der Waals surface area contributed by atoms with Crippen LogP contribution in [0, 0.1) is 0 Å². The van der Waals surface area contributed by atoms with Gasteiger partial charge in [-0.15, -0.1) is 0 Å². The van der Waals surface area contributed by atoms with Gasteiger partial charge in [0.15, 0.2) is 0 Å². The lowest BCUT2D eigenvalue weighted by molar-refractivity contribution is -0.121. The molecule has 0 atom stereocenters. The third-order valence-electron chi connectivity index (χ3n) is 3.48.